The summed E-state index contributed by atoms with van der Waals surface area (Å²) in [6.07, 6.45) is 7.15. The van der Waals surface area contributed by atoms with Crippen molar-refractivity contribution in [3.05, 3.63) is 24.4 Å². The summed E-state index contributed by atoms with van der Waals surface area (Å²) < 4.78 is 0. The molecule has 0 aromatic carbocycles. The Hall–Kier alpha value is -1.58. The lowest BCUT2D eigenvalue weighted by Gasteiger charge is -2.35. The predicted octanol–water partition coefficient (Wildman–Crippen LogP) is 2.87. The van der Waals surface area contributed by atoms with Gasteiger partial charge in [0.05, 0.1) is 0 Å². The first kappa shape index (κ1) is 25.5. The highest BCUT2D eigenvalue weighted by Crippen LogP contribution is 2.12. The summed E-state index contributed by atoms with van der Waals surface area (Å²) in [5.41, 5.74) is 0. The maximum atomic E-state index is 12.5. The molecule has 1 saturated heterocycles. The minimum Gasteiger partial charge on any atom is -0.356 e. The molecule has 1 unspecified atom stereocenters. The Morgan fingerprint density at radius 3 is 2.62 bits per heavy atom. The number of pyridine rings is 1. The monoisotopic (exact) mass is 516 g/mol. The average Bonchev–Trinajstić information content (AvgIpc) is 2.74. The van der Waals surface area contributed by atoms with Crippen LogP contribution in [0.5, 0.6) is 0 Å². The van der Waals surface area contributed by atoms with Gasteiger partial charge in [-0.1, -0.05) is 32.3 Å². The Morgan fingerprint density at radius 2 is 2.00 bits per heavy atom. The molecule has 1 amide bonds. The first-order valence-corrected chi connectivity index (χ1v) is 10.5. The summed E-state index contributed by atoms with van der Waals surface area (Å²) >= 11 is 0. The number of nitrogens with zero attached hydrogens (tertiary/aromatic N) is 4. The van der Waals surface area contributed by atoms with Crippen LogP contribution in [0.2, 0.25) is 0 Å². The average molecular weight is 516 g/mol. The van der Waals surface area contributed by atoms with Crippen LogP contribution in [0.1, 0.15) is 46.0 Å². The number of nitrogens with one attached hydrogen (secondary N) is 2. The van der Waals surface area contributed by atoms with E-state index in [1.807, 2.05) is 29.3 Å². The number of aromatic nitrogens is 1. The van der Waals surface area contributed by atoms with Crippen molar-refractivity contribution >= 4 is 41.7 Å². The molecule has 7 nitrogen and oxygen atoms in total. The number of halogens is 1. The van der Waals surface area contributed by atoms with E-state index in [0.717, 1.165) is 44.4 Å². The summed E-state index contributed by atoms with van der Waals surface area (Å²) in [6.45, 7) is 8.14. The van der Waals surface area contributed by atoms with E-state index >= 15 is 0 Å². The second-order valence-electron chi connectivity index (χ2n) is 7.35. The zero-order chi connectivity index (χ0) is 20.2. The van der Waals surface area contributed by atoms with Crippen molar-refractivity contribution in [2.45, 2.75) is 52.0 Å². The highest BCUT2D eigenvalue weighted by molar-refractivity contribution is 14.0. The van der Waals surface area contributed by atoms with Crippen LogP contribution in [0.25, 0.3) is 0 Å². The number of carbonyl (C=O) groups is 1. The Morgan fingerprint density at radius 1 is 1.24 bits per heavy atom. The predicted molar refractivity (Wildman–Crippen MR) is 131 cm³/mol. The van der Waals surface area contributed by atoms with Crippen LogP contribution >= 0.6 is 24.0 Å². The second-order valence-corrected chi connectivity index (χ2v) is 7.35. The molecular formula is C21H37IN6O. The maximum absolute atomic E-state index is 12.5. The standard InChI is InChI=1S/C21H36N6O.HI/c1-4-5-6-9-18(2)25-21(22-3)24-13-11-20(28)27-16-14-26(15-17-27)19-10-7-8-12-23-19;/h7-8,10,12,18H,4-6,9,11,13-17H2,1-3H3,(H2,22,24,25);1H. The number of amides is 1. The van der Waals surface area contributed by atoms with E-state index in [0.29, 0.717) is 19.0 Å². The van der Waals surface area contributed by atoms with E-state index in [2.05, 4.69) is 39.4 Å². The molecule has 1 aliphatic rings. The number of guanidine groups is 1. The fraction of sp³-hybridized carbons (Fsp3) is 0.667. The third-order valence-corrected chi connectivity index (χ3v) is 5.08. The molecule has 1 fully saturated rings. The van der Waals surface area contributed by atoms with Crippen LogP contribution in [-0.2, 0) is 4.79 Å². The van der Waals surface area contributed by atoms with Crippen molar-refractivity contribution in [1.82, 2.24) is 20.5 Å². The molecule has 0 radical (unpaired) electrons. The molecule has 0 spiro atoms. The molecule has 164 valence electrons. The lowest BCUT2D eigenvalue weighted by molar-refractivity contribution is -0.131. The summed E-state index contributed by atoms with van der Waals surface area (Å²) in [4.78, 5) is 25.3. The topological polar surface area (TPSA) is 72.9 Å². The zero-order valence-corrected chi connectivity index (χ0v) is 20.4. The normalized spacial score (nSPS) is 15.5. The van der Waals surface area contributed by atoms with Crippen LogP contribution in [0.3, 0.4) is 0 Å². The fourth-order valence-corrected chi connectivity index (χ4v) is 3.37. The zero-order valence-electron chi connectivity index (χ0n) is 18.1. The molecular weight excluding hydrogens is 479 g/mol. The lowest BCUT2D eigenvalue weighted by Crippen LogP contribution is -2.50. The van der Waals surface area contributed by atoms with Gasteiger partial charge in [0.25, 0.3) is 0 Å². The van der Waals surface area contributed by atoms with E-state index in [1.54, 1.807) is 7.05 Å². The first-order chi connectivity index (χ1) is 13.6. The molecule has 1 aromatic rings. The minimum absolute atomic E-state index is 0. The van der Waals surface area contributed by atoms with E-state index in [-0.39, 0.29) is 29.9 Å². The number of hydrogen-bond donors (Lipinski definition) is 2. The Bertz CT molecular complexity index is 604. The third-order valence-electron chi connectivity index (χ3n) is 5.08. The van der Waals surface area contributed by atoms with Gasteiger partial charge in [-0.25, -0.2) is 4.98 Å². The summed E-state index contributed by atoms with van der Waals surface area (Å²) in [7, 11) is 1.77. The van der Waals surface area contributed by atoms with Gasteiger partial charge >= 0.3 is 0 Å². The molecule has 2 N–H and O–H groups in total. The smallest absolute Gasteiger partial charge is 0.224 e. The highest BCUT2D eigenvalue weighted by atomic mass is 127. The van der Waals surface area contributed by atoms with Gasteiger partial charge in [-0.15, -0.1) is 24.0 Å². The summed E-state index contributed by atoms with van der Waals surface area (Å²) in [6, 6.07) is 6.32. The molecule has 0 bridgehead atoms. The van der Waals surface area contributed by atoms with Crippen LogP contribution in [-0.4, -0.2) is 67.6 Å². The van der Waals surface area contributed by atoms with Crippen molar-refractivity contribution in [2.75, 3.05) is 44.7 Å². The molecule has 1 aliphatic heterocycles. The van der Waals surface area contributed by atoms with Gasteiger partial charge in [0, 0.05) is 58.4 Å². The molecule has 2 heterocycles. The second kappa shape index (κ2) is 14.4. The van der Waals surface area contributed by atoms with Crippen molar-refractivity contribution in [3.63, 3.8) is 0 Å². The van der Waals surface area contributed by atoms with Gasteiger partial charge < -0.3 is 20.4 Å². The SMILES string of the molecule is CCCCCC(C)NC(=NC)NCCC(=O)N1CCN(c2ccccn2)CC1.I. The van der Waals surface area contributed by atoms with Gasteiger partial charge in [0.15, 0.2) is 5.96 Å². The maximum Gasteiger partial charge on any atom is 0.224 e. The van der Waals surface area contributed by atoms with E-state index in [9.17, 15) is 4.79 Å². The Labute approximate surface area is 192 Å². The van der Waals surface area contributed by atoms with Gasteiger partial charge in [-0.3, -0.25) is 9.79 Å². The van der Waals surface area contributed by atoms with Crippen molar-refractivity contribution in [3.8, 4) is 0 Å². The van der Waals surface area contributed by atoms with Crippen LogP contribution in [0.15, 0.2) is 29.4 Å². The van der Waals surface area contributed by atoms with Gasteiger partial charge in [-0.2, -0.15) is 0 Å². The van der Waals surface area contributed by atoms with Crippen molar-refractivity contribution in [1.29, 1.82) is 0 Å². The Balaban J connectivity index is 0.00000420. The number of aliphatic imine (C=N–C) groups is 1. The van der Waals surface area contributed by atoms with E-state index in [4.69, 9.17) is 0 Å². The molecule has 2 rings (SSSR count). The van der Waals surface area contributed by atoms with E-state index < -0.39 is 0 Å². The van der Waals surface area contributed by atoms with Gasteiger partial charge in [-0.05, 0) is 25.5 Å². The van der Waals surface area contributed by atoms with Gasteiger partial charge in [0.2, 0.25) is 5.91 Å². The number of unbranched alkanes of at least 4 members (excludes halogenated alkanes) is 2. The van der Waals surface area contributed by atoms with Crippen molar-refractivity contribution in [2.24, 2.45) is 4.99 Å². The van der Waals surface area contributed by atoms with E-state index in [1.165, 1.54) is 19.3 Å². The summed E-state index contributed by atoms with van der Waals surface area (Å²) in [5.74, 6) is 1.95. The largest absolute Gasteiger partial charge is 0.356 e. The van der Waals surface area contributed by atoms with Crippen LogP contribution < -0.4 is 15.5 Å². The summed E-state index contributed by atoms with van der Waals surface area (Å²) in [5, 5.41) is 6.67. The van der Waals surface area contributed by atoms with Crippen molar-refractivity contribution < 1.29 is 4.79 Å². The molecule has 0 saturated carbocycles. The van der Waals surface area contributed by atoms with Crippen LogP contribution in [0, 0.1) is 0 Å². The quantitative estimate of drug-likeness (QED) is 0.229. The lowest BCUT2D eigenvalue weighted by atomic mass is 10.1. The molecule has 0 aliphatic carbocycles. The van der Waals surface area contributed by atoms with Crippen LogP contribution in [0.4, 0.5) is 5.82 Å². The highest BCUT2D eigenvalue weighted by Gasteiger charge is 2.21. The van der Waals surface area contributed by atoms with Gasteiger partial charge in [0.1, 0.15) is 5.82 Å². The third kappa shape index (κ3) is 9.18. The number of piperazine rings is 1. The number of carbonyl (C=O) groups excluding carboxylic acids is 1. The molecule has 29 heavy (non-hydrogen) atoms. The number of anilines is 1. The molecule has 1 atom stereocenters. The first-order valence-electron chi connectivity index (χ1n) is 10.5. The Kier molecular flexibility index (Phi) is 12.6. The number of rotatable bonds is 9. The fourth-order valence-electron chi connectivity index (χ4n) is 3.37. The molecule has 8 heteroatoms. The minimum atomic E-state index is 0. The molecule has 1 aromatic heterocycles. The number of hydrogen-bond acceptors (Lipinski definition) is 4.